The van der Waals surface area contributed by atoms with E-state index in [2.05, 4.69) is 5.32 Å². The number of nitrogens with one attached hydrogen (secondary N) is 1. The Labute approximate surface area is 127 Å². The Morgan fingerprint density at radius 1 is 1.19 bits per heavy atom. The van der Waals surface area contributed by atoms with Gasteiger partial charge in [-0.05, 0) is 43.4 Å². The maximum absolute atomic E-state index is 12.8. The minimum Gasteiger partial charge on any atom is -0.359 e. The zero-order valence-electron chi connectivity index (χ0n) is 11.6. The van der Waals surface area contributed by atoms with Gasteiger partial charge in [0, 0.05) is 29.3 Å². The van der Waals surface area contributed by atoms with Gasteiger partial charge in [0.1, 0.15) is 6.54 Å². The third kappa shape index (κ3) is 4.27. The van der Waals surface area contributed by atoms with Crippen LogP contribution in [0.1, 0.15) is 31.2 Å². The van der Waals surface area contributed by atoms with Crippen molar-refractivity contribution >= 4 is 17.3 Å². The molecule has 0 bridgehead atoms. The highest BCUT2D eigenvalue weighted by molar-refractivity contribution is 6.30. The quantitative estimate of drug-likeness (QED) is 0.848. The molecule has 2 nitrogen and oxygen atoms in total. The van der Waals surface area contributed by atoms with E-state index < -0.39 is 12.7 Å². The molecule has 0 aromatic heterocycles. The van der Waals surface area contributed by atoms with Crippen molar-refractivity contribution in [3.63, 3.8) is 0 Å². The lowest BCUT2D eigenvalue weighted by Gasteiger charge is -2.28. The summed E-state index contributed by atoms with van der Waals surface area (Å²) in [5.74, 6) is 0. The SMILES string of the molecule is FC(F)(F)CN(c1cc(Cl)ccc1CNC1CC1)C1CC1. The highest BCUT2D eigenvalue weighted by Crippen LogP contribution is 2.37. The zero-order valence-corrected chi connectivity index (χ0v) is 12.3. The monoisotopic (exact) mass is 318 g/mol. The minimum absolute atomic E-state index is 0.00948. The molecule has 2 fully saturated rings. The van der Waals surface area contributed by atoms with E-state index in [1.54, 1.807) is 12.1 Å². The first-order valence-corrected chi connectivity index (χ1v) is 7.65. The van der Waals surface area contributed by atoms with Crippen LogP contribution in [0, 0.1) is 0 Å². The molecule has 0 amide bonds. The Kier molecular flexibility index (Phi) is 4.06. The Hall–Kier alpha value is -0.940. The summed E-state index contributed by atoms with van der Waals surface area (Å²) in [4.78, 5) is 1.47. The number of halogens is 4. The van der Waals surface area contributed by atoms with Gasteiger partial charge in [0.05, 0.1) is 0 Å². The Bertz CT molecular complexity index is 510. The predicted octanol–water partition coefficient (Wildman–Crippen LogP) is 4.12. The van der Waals surface area contributed by atoms with Gasteiger partial charge in [-0.2, -0.15) is 13.2 Å². The highest BCUT2D eigenvalue weighted by Gasteiger charge is 2.39. The molecule has 0 spiro atoms. The van der Waals surface area contributed by atoms with E-state index in [1.165, 1.54) is 4.90 Å². The highest BCUT2D eigenvalue weighted by atomic mass is 35.5. The summed E-state index contributed by atoms with van der Waals surface area (Å²) in [5, 5.41) is 3.84. The molecule has 0 saturated heterocycles. The fourth-order valence-electron chi connectivity index (χ4n) is 2.49. The largest absolute Gasteiger partial charge is 0.405 e. The van der Waals surface area contributed by atoms with E-state index in [0.29, 0.717) is 23.3 Å². The molecule has 2 saturated carbocycles. The molecule has 3 rings (SSSR count). The first kappa shape index (κ1) is 15.0. The van der Waals surface area contributed by atoms with Crippen molar-refractivity contribution in [1.29, 1.82) is 0 Å². The molecule has 1 aromatic rings. The molecule has 0 atom stereocenters. The number of hydrogen-bond donors (Lipinski definition) is 1. The van der Waals surface area contributed by atoms with Crippen LogP contribution in [0.4, 0.5) is 18.9 Å². The summed E-state index contributed by atoms with van der Waals surface area (Å²) in [7, 11) is 0. The molecule has 1 N–H and O–H groups in total. The molecule has 0 radical (unpaired) electrons. The summed E-state index contributed by atoms with van der Waals surface area (Å²) in [6, 6.07) is 5.75. The van der Waals surface area contributed by atoms with E-state index in [0.717, 1.165) is 31.2 Å². The lowest BCUT2D eigenvalue weighted by atomic mass is 10.1. The number of benzene rings is 1. The van der Waals surface area contributed by atoms with E-state index in [-0.39, 0.29) is 6.04 Å². The van der Waals surface area contributed by atoms with Crippen LogP contribution >= 0.6 is 11.6 Å². The Balaban J connectivity index is 1.83. The molecule has 2 aliphatic rings. The van der Waals surface area contributed by atoms with E-state index in [4.69, 9.17) is 11.6 Å². The summed E-state index contributed by atoms with van der Waals surface area (Å²) in [5.41, 5.74) is 1.51. The number of hydrogen-bond acceptors (Lipinski definition) is 2. The fraction of sp³-hybridized carbons (Fsp3) is 0.600. The maximum Gasteiger partial charge on any atom is 0.405 e. The lowest BCUT2D eigenvalue weighted by molar-refractivity contribution is -0.120. The van der Waals surface area contributed by atoms with Crippen LogP contribution in [-0.2, 0) is 6.54 Å². The summed E-state index contributed by atoms with van der Waals surface area (Å²) in [6.45, 7) is -0.313. The summed E-state index contributed by atoms with van der Waals surface area (Å²) < 4.78 is 38.5. The van der Waals surface area contributed by atoms with Crippen molar-refractivity contribution in [1.82, 2.24) is 5.32 Å². The molecule has 1 aromatic carbocycles. The average Bonchev–Trinajstić information content (AvgIpc) is 3.25. The summed E-state index contributed by atoms with van der Waals surface area (Å²) >= 11 is 6.00. The zero-order chi connectivity index (χ0) is 15.0. The van der Waals surface area contributed by atoms with E-state index >= 15 is 0 Å². The smallest absolute Gasteiger partial charge is 0.359 e. The molecule has 6 heteroatoms. The number of nitrogens with zero attached hydrogens (tertiary/aromatic N) is 1. The van der Waals surface area contributed by atoms with Crippen LogP contribution in [0.5, 0.6) is 0 Å². The average molecular weight is 319 g/mol. The molecule has 2 aliphatic carbocycles. The Morgan fingerprint density at radius 3 is 2.48 bits per heavy atom. The maximum atomic E-state index is 12.8. The van der Waals surface area contributed by atoms with Gasteiger partial charge in [-0.1, -0.05) is 17.7 Å². The topological polar surface area (TPSA) is 15.3 Å². The second-order valence-electron chi connectivity index (χ2n) is 5.90. The second-order valence-corrected chi connectivity index (χ2v) is 6.34. The molecule has 0 aliphatic heterocycles. The van der Waals surface area contributed by atoms with E-state index in [1.807, 2.05) is 6.07 Å². The van der Waals surface area contributed by atoms with Crippen LogP contribution in [0.15, 0.2) is 18.2 Å². The van der Waals surface area contributed by atoms with Gasteiger partial charge < -0.3 is 10.2 Å². The first-order valence-electron chi connectivity index (χ1n) is 7.27. The van der Waals surface area contributed by atoms with Gasteiger partial charge in [0.25, 0.3) is 0 Å². The van der Waals surface area contributed by atoms with Crippen LogP contribution < -0.4 is 10.2 Å². The van der Waals surface area contributed by atoms with Crippen LogP contribution in [0.2, 0.25) is 5.02 Å². The Morgan fingerprint density at radius 2 is 1.90 bits per heavy atom. The van der Waals surface area contributed by atoms with Crippen molar-refractivity contribution in [2.75, 3.05) is 11.4 Å². The first-order chi connectivity index (χ1) is 9.92. The van der Waals surface area contributed by atoms with Crippen LogP contribution in [0.25, 0.3) is 0 Å². The van der Waals surface area contributed by atoms with Gasteiger partial charge in [-0.3, -0.25) is 0 Å². The van der Waals surface area contributed by atoms with Gasteiger partial charge >= 0.3 is 6.18 Å². The molecule has 116 valence electrons. The van der Waals surface area contributed by atoms with Gasteiger partial charge in [-0.25, -0.2) is 0 Å². The molecule has 21 heavy (non-hydrogen) atoms. The van der Waals surface area contributed by atoms with Crippen molar-refractivity contribution < 1.29 is 13.2 Å². The summed E-state index contributed by atoms with van der Waals surface area (Å²) in [6.07, 6.45) is -0.266. The van der Waals surface area contributed by atoms with Crippen molar-refractivity contribution in [3.05, 3.63) is 28.8 Å². The number of alkyl halides is 3. The van der Waals surface area contributed by atoms with Crippen molar-refractivity contribution in [3.8, 4) is 0 Å². The fourth-order valence-corrected chi connectivity index (χ4v) is 2.65. The molecular formula is C15H18ClF3N2. The number of anilines is 1. The van der Waals surface area contributed by atoms with Gasteiger partial charge in [0.2, 0.25) is 0 Å². The standard InChI is InChI=1S/C15H18ClF3N2/c16-11-2-1-10(8-20-12-3-4-12)14(7-11)21(13-5-6-13)9-15(17,18)19/h1-2,7,12-13,20H,3-6,8-9H2. The van der Waals surface area contributed by atoms with Crippen LogP contribution in [0.3, 0.4) is 0 Å². The third-order valence-electron chi connectivity index (χ3n) is 3.85. The third-order valence-corrected chi connectivity index (χ3v) is 4.09. The van der Waals surface area contributed by atoms with Crippen molar-refractivity contribution in [2.24, 2.45) is 0 Å². The molecular weight excluding hydrogens is 301 g/mol. The van der Waals surface area contributed by atoms with Gasteiger partial charge in [-0.15, -0.1) is 0 Å². The number of rotatable bonds is 6. The second kappa shape index (κ2) is 5.69. The lowest BCUT2D eigenvalue weighted by Crippen LogP contribution is -2.37. The normalized spacial score (nSPS) is 18.9. The molecule has 0 heterocycles. The van der Waals surface area contributed by atoms with Gasteiger partial charge in [0.15, 0.2) is 0 Å². The van der Waals surface area contributed by atoms with Crippen molar-refractivity contribution in [2.45, 2.75) is 50.5 Å². The van der Waals surface area contributed by atoms with E-state index in [9.17, 15) is 13.2 Å². The van der Waals surface area contributed by atoms with Crippen LogP contribution in [-0.4, -0.2) is 24.8 Å². The minimum atomic E-state index is -4.20. The predicted molar refractivity (Wildman–Crippen MR) is 77.7 cm³/mol. The molecule has 0 unspecified atom stereocenters.